The van der Waals surface area contributed by atoms with Crippen molar-refractivity contribution >= 4 is 5.78 Å². The van der Waals surface area contributed by atoms with Gasteiger partial charge in [-0.25, -0.2) is 9.78 Å². The van der Waals surface area contributed by atoms with Crippen molar-refractivity contribution in [2.45, 2.75) is 75.9 Å². The molecule has 5 nitrogen and oxygen atoms in total. The molecule has 136 valence electrons. The number of hydrogen-bond acceptors (Lipinski definition) is 5. The van der Waals surface area contributed by atoms with Crippen molar-refractivity contribution in [3.05, 3.63) is 0 Å². The Morgan fingerprint density at radius 1 is 1.08 bits per heavy atom. The third-order valence-corrected chi connectivity index (χ3v) is 6.44. The summed E-state index contributed by atoms with van der Waals surface area (Å²) in [5.41, 5.74) is -3.18. The molecule has 4 saturated heterocycles. The lowest BCUT2D eigenvalue weighted by Gasteiger charge is -2.50. The lowest BCUT2D eigenvalue weighted by Crippen LogP contribution is -2.62. The zero-order valence-electron chi connectivity index (χ0n) is 13.8. The molecule has 0 aromatic heterocycles. The molecular formula is C16H21F3O5. The lowest BCUT2D eigenvalue weighted by molar-refractivity contribution is -0.541. The predicted molar refractivity (Wildman–Crippen MR) is 73.3 cm³/mol. The minimum absolute atomic E-state index is 0.0755. The average Bonchev–Trinajstić information content (AvgIpc) is 2.58. The van der Waals surface area contributed by atoms with Gasteiger partial charge in [0.25, 0.3) is 5.78 Å². The first-order valence-corrected chi connectivity index (χ1v) is 8.37. The summed E-state index contributed by atoms with van der Waals surface area (Å²) < 4.78 is 51.1. The number of hydrogen-bond donors (Lipinski definition) is 0. The number of fused-ring (bicyclic) bond motifs is 2. The van der Waals surface area contributed by atoms with Gasteiger partial charge in [0.1, 0.15) is 5.60 Å². The highest BCUT2D eigenvalue weighted by Crippen LogP contribution is 2.63. The molecule has 0 amide bonds. The molecule has 1 spiro atoms. The van der Waals surface area contributed by atoms with Gasteiger partial charge in [0, 0.05) is 12.3 Å². The molecule has 7 atom stereocenters. The van der Waals surface area contributed by atoms with Crippen molar-refractivity contribution in [1.29, 1.82) is 0 Å². The normalized spacial score (nSPS) is 53.6. The van der Waals surface area contributed by atoms with Crippen molar-refractivity contribution in [2.75, 3.05) is 0 Å². The molecule has 2 bridgehead atoms. The fraction of sp³-hybridized carbons (Fsp3) is 0.938. The van der Waals surface area contributed by atoms with Crippen molar-refractivity contribution in [2.24, 2.45) is 17.8 Å². The molecule has 0 aromatic carbocycles. The van der Waals surface area contributed by atoms with E-state index >= 15 is 0 Å². The standard InChI is InChI=1S/C16H21F3O5/c1-8-4-5-10-14(3,11(20)16(17,18)19)22-12-15(10)9(8)6-7-13(2,21-12)23-24-15/h8-10,12H,4-7H2,1-3H3/t8-,9+,10+,12+,13-,14+,15-/m1/s1. The van der Waals surface area contributed by atoms with Gasteiger partial charge in [0.15, 0.2) is 11.9 Å². The van der Waals surface area contributed by atoms with E-state index in [1.54, 1.807) is 6.92 Å². The van der Waals surface area contributed by atoms with Crippen molar-refractivity contribution in [3.63, 3.8) is 0 Å². The van der Waals surface area contributed by atoms with Gasteiger partial charge in [-0.1, -0.05) is 6.92 Å². The van der Waals surface area contributed by atoms with Crippen LogP contribution in [-0.2, 0) is 24.0 Å². The summed E-state index contributed by atoms with van der Waals surface area (Å²) in [7, 11) is 0. The summed E-state index contributed by atoms with van der Waals surface area (Å²) in [5, 5.41) is 0. The van der Waals surface area contributed by atoms with Gasteiger partial charge < -0.3 is 9.47 Å². The molecule has 0 aromatic rings. The first-order valence-electron chi connectivity index (χ1n) is 8.37. The molecule has 1 saturated carbocycles. The molecule has 5 rings (SSSR count). The van der Waals surface area contributed by atoms with E-state index in [2.05, 4.69) is 6.92 Å². The highest BCUT2D eigenvalue weighted by atomic mass is 19.4. The highest BCUT2D eigenvalue weighted by Gasteiger charge is 2.77. The molecule has 5 fully saturated rings. The average molecular weight is 350 g/mol. The number of ether oxygens (including phenoxy) is 2. The largest absolute Gasteiger partial charge is 0.453 e. The van der Waals surface area contributed by atoms with Crippen molar-refractivity contribution < 1.29 is 37.2 Å². The smallest absolute Gasteiger partial charge is 0.335 e. The first-order chi connectivity index (χ1) is 11.0. The molecule has 4 aliphatic heterocycles. The lowest BCUT2D eigenvalue weighted by atomic mass is 9.59. The van der Waals surface area contributed by atoms with Crippen LogP contribution in [-0.4, -0.2) is 35.2 Å². The van der Waals surface area contributed by atoms with Gasteiger partial charge in [-0.05, 0) is 44.9 Å². The summed E-state index contributed by atoms with van der Waals surface area (Å²) in [6.45, 7) is 4.95. The number of alkyl halides is 3. The maximum Gasteiger partial charge on any atom is 0.453 e. The van der Waals surface area contributed by atoms with Gasteiger partial charge in [0.2, 0.25) is 5.79 Å². The Labute approximate surface area is 137 Å². The van der Waals surface area contributed by atoms with E-state index in [0.717, 1.165) is 0 Å². The molecule has 0 radical (unpaired) electrons. The minimum Gasteiger partial charge on any atom is -0.335 e. The van der Waals surface area contributed by atoms with Crippen molar-refractivity contribution in [3.8, 4) is 0 Å². The fourth-order valence-corrected chi connectivity index (χ4v) is 5.20. The molecule has 0 unspecified atom stereocenters. The molecule has 4 heterocycles. The third kappa shape index (κ3) is 1.94. The van der Waals surface area contributed by atoms with E-state index in [0.29, 0.717) is 25.7 Å². The van der Waals surface area contributed by atoms with Gasteiger partial charge >= 0.3 is 6.18 Å². The van der Waals surface area contributed by atoms with E-state index < -0.39 is 41.2 Å². The summed E-state index contributed by atoms with van der Waals surface area (Å²) in [5.74, 6) is -3.55. The quantitative estimate of drug-likeness (QED) is 0.680. The van der Waals surface area contributed by atoms with Gasteiger partial charge in [-0.2, -0.15) is 13.2 Å². The zero-order chi connectivity index (χ0) is 17.5. The van der Waals surface area contributed by atoms with Crippen LogP contribution in [0.25, 0.3) is 0 Å². The Bertz CT molecular complexity index is 581. The second-order valence-electron chi connectivity index (χ2n) is 7.91. The van der Waals surface area contributed by atoms with Crippen LogP contribution >= 0.6 is 0 Å². The SMILES string of the molecule is C[C@@H]1CC[C@@H]2[C@]34OO[C@](C)(CC[C@@H]13)O[C@H]4O[C@]2(C)C(=O)C(F)(F)F. The number of Topliss-reactive ketones (excluding diaryl/α,β-unsaturated/α-hetero) is 1. The van der Waals surface area contributed by atoms with Gasteiger partial charge in [0.05, 0.1) is 0 Å². The van der Waals surface area contributed by atoms with E-state index in [-0.39, 0.29) is 11.8 Å². The van der Waals surface area contributed by atoms with Crippen LogP contribution in [0.15, 0.2) is 0 Å². The summed E-state index contributed by atoms with van der Waals surface area (Å²) >= 11 is 0. The van der Waals surface area contributed by atoms with Crippen LogP contribution in [0.1, 0.15) is 46.5 Å². The number of rotatable bonds is 1. The second kappa shape index (κ2) is 4.72. The summed E-state index contributed by atoms with van der Waals surface area (Å²) in [4.78, 5) is 23.3. The van der Waals surface area contributed by atoms with Crippen LogP contribution in [0.5, 0.6) is 0 Å². The molecule has 5 aliphatic rings. The summed E-state index contributed by atoms with van der Waals surface area (Å²) in [6.07, 6.45) is -3.63. The predicted octanol–water partition coefficient (Wildman–Crippen LogP) is 3.12. The monoisotopic (exact) mass is 350 g/mol. The molecule has 1 aliphatic carbocycles. The Balaban J connectivity index is 1.82. The first kappa shape index (κ1) is 16.8. The second-order valence-corrected chi connectivity index (χ2v) is 7.91. The molecular weight excluding hydrogens is 329 g/mol. The Kier molecular flexibility index (Phi) is 3.29. The van der Waals surface area contributed by atoms with E-state index in [1.807, 2.05) is 0 Å². The van der Waals surface area contributed by atoms with E-state index in [9.17, 15) is 18.0 Å². The highest BCUT2D eigenvalue weighted by molar-refractivity contribution is 5.92. The van der Waals surface area contributed by atoms with Crippen LogP contribution in [0.2, 0.25) is 0 Å². The Morgan fingerprint density at radius 3 is 2.46 bits per heavy atom. The minimum atomic E-state index is -4.98. The maximum absolute atomic E-state index is 13.2. The molecule has 8 heteroatoms. The topological polar surface area (TPSA) is 54.0 Å². The zero-order valence-corrected chi connectivity index (χ0v) is 13.8. The van der Waals surface area contributed by atoms with Crippen LogP contribution in [0.4, 0.5) is 13.2 Å². The Hall–Kier alpha value is -0.700. The Morgan fingerprint density at radius 2 is 1.79 bits per heavy atom. The number of carbonyl (C=O) groups is 1. The number of carbonyl (C=O) groups excluding carboxylic acids is 1. The van der Waals surface area contributed by atoms with Crippen molar-refractivity contribution in [1.82, 2.24) is 0 Å². The molecule has 0 N–H and O–H groups in total. The molecule has 24 heavy (non-hydrogen) atoms. The number of halogens is 3. The van der Waals surface area contributed by atoms with Gasteiger partial charge in [-0.15, -0.1) is 0 Å². The number of ketones is 1. The third-order valence-electron chi connectivity index (χ3n) is 6.44. The van der Waals surface area contributed by atoms with Gasteiger partial charge in [-0.3, -0.25) is 4.79 Å². The van der Waals surface area contributed by atoms with Crippen LogP contribution in [0, 0.1) is 17.8 Å². The van der Waals surface area contributed by atoms with Crippen LogP contribution < -0.4 is 0 Å². The van der Waals surface area contributed by atoms with Crippen LogP contribution in [0.3, 0.4) is 0 Å². The maximum atomic E-state index is 13.2. The van der Waals surface area contributed by atoms with E-state index in [1.165, 1.54) is 6.92 Å². The fourth-order valence-electron chi connectivity index (χ4n) is 5.20. The summed E-state index contributed by atoms with van der Waals surface area (Å²) in [6, 6.07) is 0. The van der Waals surface area contributed by atoms with E-state index in [4.69, 9.17) is 19.2 Å².